The summed E-state index contributed by atoms with van der Waals surface area (Å²) in [6.07, 6.45) is -0.179. The van der Waals surface area contributed by atoms with Crippen LogP contribution >= 0.6 is 0 Å². The number of hydrogen-bond donors (Lipinski definition) is 2. The van der Waals surface area contributed by atoms with Crippen molar-refractivity contribution in [2.45, 2.75) is 32.9 Å². The normalized spacial score (nSPS) is 18.7. The summed E-state index contributed by atoms with van der Waals surface area (Å²) in [5.74, 6) is 0.115. The smallest absolute Gasteiger partial charge is 0.305 e. The van der Waals surface area contributed by atoms with E-state index in [4.69, 9.17) is 9.84 Å². The van der Waals surface area contributed by atoms with Crippen molar-refractivity contribution in [1.82, 2.24) is 10.2 Å². The van der Waals surface area contributed by atoms with E-state index in [0.29, 0.717) is 32.2 Å². The zero-order valence-corrected chi connectivity index (χ0v) is 13.6. The summed E-state index contributed by atoms with van der Waals surface area (Å²) >= 11 is 0. The molecule has 0 aromatic heterocycles. The van der Waals surface area contributed by atoms with Crippen molar-refractivity contribution < 1.29 is 19.4 Å². The Morgan fingerprint density at radius 1 is 1.39 bits per heavy atom. The second-order valence-electron chi connectivity index (χ2n) is 6.22. The van der Waals surface area contributed by atoms with Gasteiger partial charge >= 0.3 is 5.97 Å². The summed E-state index contributed by atoms with van der Waals surface area (Å²) in [5, 5.41) is 11.7. The highest BCUT2D eigenvalue weighted by molar-refractivity contribution is 5.86. The number of carbonyl (C=O) groups excluding carboxylic acids is 1. The average molecular weight is 320 g/mol. The zero-order valence-electron chi connectivity index (χ0n) is 13.6. The summed E-state index contributed by atoms with van der Waals surface area (Å²) in [4.78, 5) is 24.8. The van der Waals surface area contributed by atoms with Crippen LogP contribution in [0.1, 0.15) is 25.8 Å². The van der Waals surface area contributed by atoms with Crippen molar-refractivity contribution in [2.24, 2.45) is 5.92 Å². The molecule has 1 amide bonds. The molecule has 0 aliphatic carbocycles. The molecule has 0 spiro atoms. The van der Waals surface area contributed by atoms with E-state index in [-0.39, 0.29) is 12.3 Å². The van der Waals surface area contributed by atoms with Gasteiger partial charge in [-0.05, 0) is 23.6 Å². The minimum atomic E-state index is -0.963. The molecule has 1 unspecified atom stereocenters. The summed E-state index contributed by atoms with van der Waals surface area (Å²) in [6, 6.07) is 7.13. The number of carboxylic acid groups (broad SMARTS) is 1. The van der Waals surface area contributed by atoms with Crippen molar-refractivity contribution in [2.75, 3.05) is 19.7 Å². The van der Waals surface area contributed by atoms with Crippen LogP contribution < -0.4 is 10.1 Å². The Kier molecular flexibility index (Phi) is 5.98. The third kappa shape index (κ3) is 5.25. The molecule has 6 heteroatoms. The van der Waals surface area contributed by atoms with Gasteiger partial charge in [0, 0.05) is 19.6 Å². The number of ether oxygens (including phenoxy) is 1. The second-order valence-corrected chi connectivity index (χ2v) is 6.22. The first-order chi connectivity index (χ1) is 11.0. The molecule has 1 saturated heterocycles. The van der Waals surface area contributed by atoms with E-state index in [1.807, 2.05) is 29.2 Å². The molecule has 0 saturated carbocycles. The van der Waals surface area contributed by atoms with Crippen molar-refractivity contribution in [3.05, 3.63) is 29.8 Å². The first-order valence-electron chi connectivity index (χ1n) is 7.91. The minimum absolute atomic E-state index is 0.179. The van der Waals surface area contributed by atoms with Gasteiger partial charge in [-0.15, -0.1) is 0 Å². The average Bonchev–Trinajstić information content (AvgIpc) is 2.49. The Balaban J connectivity index is 1.98. The fourth-order valence-corrected chi connectivity index (χ4v) is 2.53. The van der Waals surface area contributed by atoms with Crippen LogP contribution in [0.15, 0.2) is 24.3 Å². The molecule has 1 aliphatic rings. The van der Waals surface area contributed by atoms with Crippen LogP contribution in [0.5, 0.6) is 5.75 Å². The number of carboxylic acids is 1. The predicted molar refractivity (Wildman–Crippen MR) is 86.2 cm³/mol. The molecule has 1 aromatic rings. The van der Waals surface area contributed by atoms with E-state index < -0.39 is 12.0 Å². The summed E-state index contributed by atoms with van der Waals surface area (Å²) in [5.41, 5.74) is 1.03. The summed E-state index contributed by atoms with van der Waals surface area (Å²) in [7, 11) is 0. The maximum absolute atomic E-state index is 11.9. The molecule has 1 aromatic carbocycles. The first-order valence-corrected chi connectivity index (χ1v) is 7.91. The Morgan fingerprint density at radius 3 is 2.70 bits per heavy atom. The Bertz CT molecular complexity index is 542. The van der Waals surface area contributed by atoms with Gasteiger partial charge in [-0.3, -0.25) is 14.5 Å². The van der Waals surface area contributed by atoms with Crippen molar-refractivity contribution in [1.29, 1.82) is 0 Å². The molecule has 0 bridgehead atoms. The van der Waals surface area contributed by atoms with Crippen LogP contribution in [0.2, 0.25) is 0 Å². The molecular formula is C17H24N2O4. The maximum Gasteiger partial charge on any atom is 0.305 e. The van der Waals surface area contributed by atoms with Gasteiger partial charge in [0.05, 0.1) is 13.0 Å². The number of aliphatic carboxylic acids is 1. The van der Waals surface area contributed by atoms with E-state index >= 15 is 0 Å². The topological polar surface area (TPSA) is 78.9 Å². The third-order valence-electron chi connectivity index (χ3n) is 3.70. The minimum Gasteiger partial charge on any atom is -0.493 e. The molecular weight excluding hydrogens is 296 g/mol. The lowest BCUT2D eigenvalue weighted by Gasteiger charge is -2.34. The lowest BCUT2D eigenvalue weighted by Crippen LogP contribution is -2.55. The number of carbonyl (C=O) groups is 2. The highest BCUT2D eigenvalue weighted by Crippen LogP contribution is 2.17. The Morgan fingerprint density at radius 2 is 2.09 bits per heavy atom. The van der Waals surface area contributed by atoms with Crippen molar-refractivity contribution in [3.8, 4) is 5.75 Å². The van der Waals surface area contributed by atoms with E-state index in [2.05, 4.69) is 19.2 Å². The van der Waals surface area contributed by atoms with E-state index in [0.717, 1.165) is 11.3 Å². The van der Waals surface area contributed by atoms with Crippen LogP contribution in [0, 0.1) is 5.92 Å². The molecule has 23 heavy (non-hydrogen) atoms. The quantitative estimate of drug-likeness (QED) is 0.796. The van der Waals surface area contributed by atoms with Crippen LogP contribution in [0.25, 0.3) is 0 Å². The number of benzene rings is 1. The van der Waals surface area contributed by atoms with Gasteiger partial charge in [0.15, 0.2) is 0 Å². The van der Waals surface area contributed by atoms with Gasteiger partial charge in [0.1, 0.15) is 11.8 Å². The lowest BCUT2D eigenvalue weighted by atomic mass is 10.1. The molecule has 6 nitrogen and oxygen atoms in total. The van der Waals surface area contributed by atoms with E-state index in [1.54, 1.807) is 0 Å². The van der Waals surface area contributed by atoms with Crippen LogP contribution in [-0.2, 0) is 16.1 Å². The predicted octanol–water partition coefficient (Wildman–Crippen LogP) is 1.50. The molecule has 1 fully saturated rings. The molecule has 126 valence electrons. The first kappa shape index (κ1) is 17.3. The monoisotopic (exact) mass is 320 g/mol. The highest BCUT2D eigenvalue weighted by atomic mass is 16.5. The fraction of sp³-hybridized carbons (Fsp3) is 0.529. The molecule has 1 atom stereocenters. The molecule has 2 N–H and O–H groups in total. The van der Waals surface area contributed by atoms with E-state index in [1.165, 1.54) is 0 Å². The number of nitrogens with one attached hydrogen (secondary N) is 1. The summed E-state index contributed by atoms with van der Waals surface area (Å²) in [6.45, 7) is 6.61. The van der Waals surface area contributed by atoms with Crippen LogP contribution in [0.4, 0.5) is 0 Å². The lowest BCUT2D eigenvalue weighted by molar-refractivity contribution is -0.143. The number of nitrogens with zero attached hydrogens (tertiary/aromatic N) is 1. The van der Waals surface area contributed by atoms with Gasteiger partial charge in [-0.25, -0.2) is 0 Å². The maximum atomic E-state index is 11.9. The Labute approximate surface area is 136 Å². The van der Waals surface area contributed by atoms with Crippen LogP contribution in [0.3, 0.4) is 0 Å². The molecule has 0 radical (unpaired) electrons. The largest absolute Gasteiger partial charge is 0.493 e. The van der Waals surface area contributed by atoms with Gasteiger partial charge in [0.2, 0.25) is 5.91 Å². The van der Waals surface area contributed by atoms with Gasteiger partial charge in [0.25, 0.3) is 0 Å². The molecule has 1 heterocycles. The third-order valence-corrected chi connectivity index (χ3v) is 3.70. The van der Waals surface area contributed by atoms with Gasteiger partial charge < -0.3 is 15.2 Å². The summed E-state index contributed by atoms with van der Waals surface area (Å²) < 4.78 is 5.65. The van der Waals surface area contributed by atoms with E-state index in [9.17, 15) is 9.59 Å². The Hall–Kier alpha value is -2.08. The van der Waals surface area contributed by atoms with Gasteiger partial charge in [-0.2, -0.15) is 0 Å². The molecule has 2 rings (SSSR count). The number of piperazine rings is 1. The molecule has 1 aliphatic heterocycles. The standard InChI is InChI=1S/C17H24N2O4/c1-12(2)11-23-14-5-3-13(4-6-14)10-19-8-7-18-17(22)15(19)9-16(20)21/h3-6,12,15H,7-11H2,1-2H3,(H,18,22)(H,20,21). The number of hydrogen-bond acceptors (Lipinski definition) is 4. The second kappa shape index (κ2) is 7.97. The fourth-order valence-electron chi connectivity index (χ4n) is 2.53. The van der Waals surface area contributed by atoms with Crippen LogP contribution in [-0.4, -0.2) is 47.6 Å². The van der Waals surface area contributed by atoms with Gasteiger partial charge in [-0.1, -0.05) is 26.0 Å². The highest BCUT2D eigenvalue weighted by Gasteiger charge is 2.31. The SMILES string of the molecule is CC(C)COc1ccc(CN2CCNC(=O)C2CC(=O)O)cc1. The number of amides is 1. The van der Waals surface area contributed by atoms with Crippen molar-refractivity contribution >= 4 is 11.9 Å². The van der Waals surface area contributed by atoms with Crippen molar-refractivity contribution in [3.63, 3.8) is 0 Å². The zero-order chi connectivity index (χ0) is 16.8. The number of rotatable bonds is 7.